The number of benzene rings is 2. The van der Waals surface area contributed by atoms with Gasteiger partial charge in [-0.2, -0.15) is 0 Å². The number of hydrogen-bond acceptors (Lipinski definition) is 5. The van der Waals surface area contributed by atoms with E-state index >= 15 is 0 Å². The van der Waals surface area contributed by atoms with Crippen LogP contribution in [0.3, 0.4) is 0 Å². The van der Waals surface area contributed by atoms with Gasteiger partial charge in [0.1, 0.15) is 17.1 Å². The number of methoxy groups -OCH3 is 1. The minimum Gasteiger partial charge on any atom is -0.481 e. The fraction of sp³-hybridized carbons (Fsp3) is 0.231. The van der Waals surface area contributed by atoms with Crippen LogP contribution in [0.15, 0.2) is 60.8 Å². The summed E-state index contributed by atoms with van der Waals surface area (Å²) in [6.07, 6.45) is 1.63. The van der Waals surface area contributed by atoms with Crippen molar-refractivity contribution >= 4 is 41.6 Å². The molecule has 2 aromatic carbocycles. The van der Waals surface area contributed by atoms with Gasteiger partial charge in [0.05, 0.1) is 12.6 Å². The van der Waals surface area contributed by atoms with E-state index in [0.717, 1.165) is 11.3 Å². The van der Waals surface area contributed by atoms with Crippen molar-refractivity contribution in [1.82, 2.24) is 19.8 Å². The maximum atomic E-state index is 14.1. The van der Waals surface area contributed by atoms with E-state index in [0.29, 0.717) is 60.2 Å². The first kappa shape index (κ1) is 27.3. The summed E-state index contributed by atoms with van der Waals surface area (Å²) in [4.78, 5) is 20.0. The van der Waals surface area contributed by atoms with Gasteiger partial charge in [0.2, 0.25) is 11.8 Å². The molecule has 0 radical (unpaired) electrons. The highest BCUT2D eigenvalue weighted by Gasteiger charge is 2.30. The molecule has 2 aromatic heterocycles. The van der Waals surface area contributed by atoms with Crippen LogP contribution < -0.4 is 14.8 Å². The van der Waals surface area contributed by atoms with Gasteiger partial charge in [-0.15, -0.1) is 24.8 Å². The topological polar surface area (TPSA) is 68.6 Å². The SMILES string of the molecule is COc1cc2c(cn1)c(C(=O)N1CCNCC1)c(Oc1cc(F)ccc1C)n2-c1ccccc1.Cl.Cl. The average molecular weight is 533 g/mol. The second-order valence-corrected chi connectivity index (χ2v) is 8.15. The van der Waals surface area contributed by atoms with Gasteiger partial charge in [0.25, 0.3) is 5.91 Å². The Morgan fingerprint density at radius 3 is 2.47 bits per heavy atom. The number of aromatic nitrogens is 2. The van der Waals surface area contributed by atoms with E-state index in [9.17, 15) is 9.18 Å². The van der Waals surface area contributed by atoms with E-state index in [1.165, 1.54) is 12.1 Å². The largest absolute Gasteiger partial charge is 0.481 e. The number of carbonyl (C=O) groups excluding carboxylic acids is 1. The lowest BCUT2D eigenvalue weighted by Gasteiger charge is -2.27. The number of halogens is 3. The van der Waals surface area contributed by atoms with Crippen LogP contribution in [0.4, 0.5) is 4.39 Å². The van der Waals surface area contributed by atoms with Crippen molar-refractivity contribution in [1.29, 1.82) is 0 Å². The number of amides is 1. The standard InChI is InChI=1S/C26H25FN4O3.2ClH/c1-17-8-9-18(27)14-22(17)34-26-24(25(32)30-12-10-28-11-13-30)20-16-29-23(33-2)15-21(20)31(26)19-6-4-3-5-7-19;;/h3-9,14-16,28H,10-13H2,1-2H3;2*1H. The number of ether oxygens (including phenoxy) is 2. The predicted octanol–water partition coefficient (Wildman–Crippen LogP) is 5.16. The quantitative estimate of drug-likeness (QED) is 0.384. The lowest BCUT2D eigenvalue weighted by Crippen LogP contribution is -2.46. The van der Waals surface area contributed by atoms with Crippen molar-refractivity contribution in [3.05, 3.63) is 77.7 Å². The predicted molar refractivity (Wildman–Crippen MR) is 142 cm³/mol. The van der Waals surface area contributed by atoms with Gasteiger partial charge in [-0.1, -0.05) is 24.3 Å². The molecule has 190 valence electrons. The molecule has 1 saturated heterocycles. The number of para-hydroxylation sites is 1. The number of hydrogen-bond donors (Lipinski definition) is 1. The molecule has 0 atom stereocenters. The Kier molecular flexibility index (Phi) is 8.79. The zero-order chi connectivity index (χ0) is 23.7. The molecule has 5 rings (SSSR count). The van der Waals surface area contributed by atoms with Gasteiger partial charge in [-0.25, -0.2) is 9.37 Å². The number of rotatable bonds is 5. The lowest BCUT2D eigenvalue weighted by atomic mass is 10.1. The lowest BCUT2D eigenvalue weighted by molar-refractivity contribution is 0.0735. The molecule has 0 saturated carbocycles. The van der Waals surface area contributed by atoms with Gasteiger partial charge < -0.3 is 19.7 Å². The molecule has 4 aromatic rings. The first-order chi connectivity index (χ1) is 16.6. The van der Waals surface area contributed by atoms with Crippen LogP contribution in [0.25, 0.3) is 16.6 Å². The first-order valence-corrected chi connectivity index (χ1v) is 11.1. The highest BCUT2D eigenvalue weighted by molar-refractivity contribution is 6.10. The number of pyridine rings is 1. The Labute approximate surface area is 221 Å². The molecule has 1 aliphatic rings. The molecule has 0 unspecified atom stereocenters. The molecule has 3 heterocycles. The molecule has 10 heteroatoms. The van der Waals surface area contributed by atoms with Gasteiger partial charge in [0.15, 0.2) is 0 Å². The van der Waals surface area contributed by atoms with Crippen molar-refractivity contribution in [2.45, 2.75) is 6.92 Å². The minimum absolute atomic E-state index is 0. The van der Waals surface area contributed by atoms with Crippen molar-refractivity contribution in [2.75, 3.05) is 33.3 Å². The maximum absolute atomic E-state index is 14.1. The van der Waals surface area contributed by atoms with Crippen LogP contribution in [0.1, 0.15) is 15.9 Å². The normalized spacial score (nSPS) is 13.0. The van der Waals surface area contributed by atoms with Crippen LogP contribution >= 0.6 is 24.8 Å². The van der Waals surface area contributed by atoms with E-state index in [2.05, 4.69) is 10.3 Å². The molecule has 7 nitrogen and oxygen atoms in total. The Morgan fingerprint density at radius 1 is 1.06 bits per heavy atom. The summed E-state index contributed by atoms with van der Waals surface area (Å²) in [7, 11) is 1.55. The van der Waals surface area contributed by atoms with Crippen molar-refractivity contribution in [2.24, 2.45) is 0 Å². The highest BCUT2D eigenvalue weighted by atomic mass is 35.5. The summed E-state index contributed by atoms with van der Waals surface area (Å²) in [6.45, 7) is 4.44. The van der Waals surface area contributed by atoms with E-state index in [1.54, 1.807) is 30.3 Å². The molecule has 36 heavy (non-hydrogen) atoms. The number of piperazine rings is 1. The summed E-state index contributed by atoms with van der Waals surface area (Å²) in [5.41, 5.74) is 2.65. The fourth-order valence-electron chi connectivity index (χ4n) is 4.20. The Hall–Kier alpha value is -3.33. The van der Waals surface area contributed by atoms with Gasteiger partial charge in [-0.05, 0) is 30.7 Å². The van der Waals surface area contributed by atoms with Gasteiger partial charge in [0, 0.05) is 55.6 Å². The molecule has 1 aliphatic heterocycles. The van der Waals surface area contributed by atoms with Crippen molar-refractivity contribution < 1.29 is 18.7 Å². The fourth-order valence-corrected chi connectivity index (χ4v) is 4.20. The molecular formula is C26H27Cl2FN4O3. The van der Waals surface area contributed by atoms with Crippen LogP contribution in [0.2, 0.25) is 0 Å². The van der Waals surface area contributed by atoms with Crippen LogP contribution in [0, 0.1) is 12.7 Å². The van der Waals surface area contributed by atoms with E-state index in [4.69, 9.17) is 9.47 Å². The van der Waals surface area contributed by atoms with Gasteiger partial charge in [-0.3, -0.25) is 9.36 Å². The molecule has 0 aliphatic carbocycles. The number of fused-ring (bicyclic) bond motifs is 1. The smallest absolute Gasteiger partial charge is 0.260 e. The first-order valence-electron chi connectivity index (χ1n) is 11.1. The van der Waals surface area contributed by atoms with Crippen LogP contribution in [-0.4, -0.2) is 53.6 Å². The highest BCUT2D eigenvalue weighted by Crippen LogP contribution is 2.40. The van der Waals surface area contributed by atoms with Crippen LogP contribution in [0.5, 0.6) is 17.5 Å². The molecule has 0 spiro atoms. The second kappa shape index (κ2) is 11.6. The second-order valence-electron chi connectivity index (χ2n) is 8.15. The third-order valence-electron chi connectivity index (χ3n) is 5.98. The summed E-state index contributed by atoms with van der Waals surface area (Å²) < 4.78 is 27.7. The summed E-state index contributed by atoms with van der Waals surface area (Å²) in [5, 5.41) is 3.91. The summed E-state index contributed by atoms with van der Waals surface area (Å²) >= 11 is 0. The van der Waals surface area contributed by atoms with Gasteiger partial charge >= 0.3 is 0 Å². The maximum Gasteiger partial charge on any atom is 0.260 e. The average Bonchev–Trinajstić information content (AvgIpc) is 3.19. The number of nitrogens with zero attached hydrogens (tertiary/aromatic N) is 3. The summed E-state index contributed by atoms with van der Waals surface area (Å²) in [5.74, 6) is 0.498. The Morgan fingerprint density at radius 2 is 1.78 bits per heavy atom. The number of nitrogens with one attached hydrogen (secondary N) is 1. The monoisotopic (exact) mass is 532 g/mol. The Balaban J connectivity index is 0.00000180. The Bertz CT molecular complexity index is 1360. The zero-order valence-electron chi connectivity index (χ0n) is 19.9. The third kappa shape index (κ3) is 5.11. The van der Waals surface area contributed by atoms with E-state index < -0.39 is 5.82 Å². The van der Waals surface area contributed by atoms with Crippen molar-refractivity contribution in [3.63, 3.8) is 0 Å². The van der Waals surface area contributed by atoms with E-state index in [1.807, 2.05) is 41.8 Å². The third-order valence-corrected chi connectivity index (χ3v) is 5.98. The molecule has 1 fully saturated rings. The van der Waals surface area contributed by atoms with Crippen LogP contribution in [-0.2, 0) is 0 Å². The minimum atomic E-state index is -0.415. The van der Waals surface area contributed by atoms with E-state index in [-0.39, 0.29) is 30.7 Å². The van der Waals surface area contributed by atoms with Crippen molar-refractivity contribution in [3.8, 4) is 23.2 Å². The molecular weight excluding hydrogens is 506 g/mol. The molecule has 1 amide bonds. The number of carbonyl (C=O) groups is 1. The zero-order valence-corrected chi connectivity index (χ0v) is 21.5. The summed E-state index contributed by atoms with van der Waals surface area (Å²) in [6, 6.07) is 15.7. The molecule has 0 bridgehead atoms. The number of aryl methyl sites for hydroxylation is 1. The molecule has 1 N–H and O–H groups in total.